The van der Waals surface area contributed by atoms with Crippen LogP contribution in [0.15, 0.2) is 0 Å². The van der Waals surface area contributed by atoms with Crippen molar-refractivity contribution in [1.82, 2.24) is 10.2 Å². The van der Waals surface area contributed by atoms with Gasteiger partial charge in [0.05, 0.1) is 0 Å². The van der Waals surface area contributed by atoms with Gasteiger partial charge in [0.15, 0.2) is 0 Å². The molecule has 5 nitrogen and oxygen atoms in total. The molecule has 5 heteroatoms. The van der Waals surface area contributed by atoms with Crippen LogP contribution in [-0.2, 0) is 4.79 Å². The fraction of sp³-hybridized carbons (Fsp3) is 0.875. The van der Waals surface area contributed by atoms with Gasteiger partial charge in [0, 0.05) is 26.1 Å². The van der Waals surface area contributed by atoms with Crippen LogP contribution in [-0.4, -0.2) is 41.6 Å². The molecular weight excluding hydrogens is 268 g/mol. The average Bonchev–Trinajstić information content (AvgIpc) is 2.34. The van der Waals surface area contributed by atoms with Crippen molar-refractivity contribution in [3.05, 3.63) is 0 Å². The molecule has 0 saturated heterocycles. The van der Waals surface area contributed by atoms with E-state index in [0.29, 0.717) is 30.7 Å². The van der Waals surface area contributed by atoms with Crippen molar-refractivity contribution in [2.75, 3.05) is 19.6 Å². The predicted molar refractivity (Wildman–Crippen MR) is 85.3 cm³/mol. The van der Waals surface area contributed by atoms with E-state index in [1.54, 1.807) is 0 Å². The average molecular weight is 300 g/mol. The number of nitrogens with one attached hydrogen (secondary N) is 1. The maximum absolute atomic E-state index is 12.2. The summed E-state index contributed by atoms with van der Waals surface area (Å²) in [6, 6.07) is -0.0113. The normalized spacial score (nSPS) is 12.5. The molecule has 0 heterocycles. The van der Waals surface area contributed by atoms with Gasteiger partial charge in [0.1, 0.15) is 0 Å². The molecule has 2 amide bonds. The van der Waals surface area contributed by atoms with Crippen LogP contribution in [0, 0.1) is 17.8 Å². The number of hydrogen-bond donors (Lipinski definition) is 2. The van der Waals surface area contributed by atoms with Crippen LogP contribution in [0.1, 0.15) is 53.9 Å². The van der Waals surface area contributed by atoms with Crippen molar-refractivity contribution in [3.63, 3.8) is 0 Å². The smallest absolute Gasteiger partial charge is 0.317 e. The van der Waals surface area contributed by atoms with Crippen molar-refractivity contribution in [1.29, 1.82) is 0 Å². The molecule has 0 aromatic rings. The van der Waals surface area contributed by atoms with E-state index in [-0.39, 0.29) is 12.5 Å². The van der Waals surface area contributed by atoms with Crippen LogP contribution in [0.3, 0.4) is 0 Å². The molecule has 124 valence electrons. The van der Waals surface area contributed by atoms with Gasteiger partial charge in [-0.25, -0.2) is 4.79 Å². The lowest BCUT2D eigenvalue weighted by molar-refractivity contribution is -0.137. The van der Waals surface area contributed by atoms with Gasteiger partial charge >= 0.3 is 12.0 Å². The van der Waals surface area contributed by atoms with E-state index in [1.807, 2.05) is 11.8 Å². The molecule has 0 saturated carbocycles. The third-order valence-corrected chi connectivity index (χ3v) is 3.22. The van der Waals surface area contributed by atoms with Crippen molar-refractivity contribution in [2.24, 2.45) is 17.8 Å². The van der Waals surface area contributed by atoms with E-state index >= 15 is 0 Å². The zero-order valence-corrected chi connectivity index (χ0v) is 14.2. The van der Waals surface area contributed by atoms with Gasteiger partial charge in [-0.15, -0.1) is 0 Å². The number of carboxylic acid groups (broad SMARTS) is 1. The molecular formula is C16H32N2O3. The van der Waals surface area contributed by atoms with Crippen LogP contribution >= 0.6 is 0 Å². The van der Waals surface area contributed by atoms with E-state index in [2.05, 4.69) is 33.0 Å². The van der Waals surface area contributed by atoms with Gasteiger partial charge in [-0.1, -0.05) is 34.6 Å². The monoisotopic (exact) mass is 300 g/mol. The molecule has 2 N–H and O–H groups in total. The van der Waals surface area contributed by atoms with Crippen LogP contribution in [0.5, 0.6) is 0 Å². The van der Waals surface area contributed by atoms with E-state index in [4.69, 9.17) is 5.11 Å². The van der Waals surface area contributed by atoms with Crippen molar-refractivity contribution >= 4 is 12.0 Å². The summed E-state index contributed by atoms with van der Waals surface area (Å²) in [4.78, 5) is 24.6. The molecule has 0 aromatic heterocycles. The highest BCUT2D eigenvalue weighted by Gasteiger charge is 2.16. The Morgan fingerprint density at radius 3 is 1.95 bits per heavy atom. The van der Waals surface area contributed by atoms with E-state index in [9.17, 15) is 9.59 Å². The third-order valence-electron chi connectivity index (χ3n) is 3.22. The van der Waals surface area contributed by atoms with Crippen LogP contribution in [0.4, 0.5) is 4.79 Å². The molecule has 0 aliphatic heterocycles. The summed E-state index contributed by atoms with van der Waals surface area (Å²) in [6.45, 7) is 12.6. The Balaban J connectivity index is 4.09. The van der Waals surface area contributed by atoms with Gasteiger partial charge < -0.3 is 15.3 Å². The molecule has 0 fully saturated rings. The largest absolute Gasteiger partial charge is 0.481 e. The highest BCUT2D eigenvalue weighted by Crippen LogP contribution is 2.09. The van der Waals surface area contributed by atoms with Gasteiger partial charge in [-0.05, 0) is 30.6 Å². The summed E-state index contributed by atoms with van der Waals surface area (Å²) in [5.74, 6) is 0.448. The minimum absolute atomic E-state index is 0.0113. The number of carbonyl (C=O) groups excluding carboxylic acids is 1. The van der Waals surface area contributed by atoms with Crippen molar-refractivity contribution < 1.29 is 14.7 Å². The molecule has 1 atom stereocenters. The zero-order chi connectivity index (χ0) is 16.4. The lowest BCUT2D eigenvalue weighted by Gasteiger charge is -2.26. The standard InChI is InChI=1S/C16H32N2O3/c1-12(2)10-18(11-13(3)4)16(21)17-9-8-14(5)6-7-15(19)20/h12-14H,6-11H2,1-5H3,(H,17,21)(H,19,20). The van der Waals surface area contributed by atoms with Crippen molar-refractivity contribution in [3.8, 4) is 0 Å². The molecule has 0 radical (unpaired) electrons. The number of rotatable bonds is 10. The van der Waals surface area contributed by atoms with E-state index in [1.165, 1.54) is 0 Å². The number of aliphatic carboxylic acids is 1. The first-order valence-corrected chi connectivity index (χ1v) is 7.96. The Kier molecular flexibility index (Phi) is 9.84. The molecule has 1 unspecified atom stereocenters. The Bertz CT molecular complexity index is 307. The molecule has 0 spiro atoms. The summed E-state index contributed by atoms with van der Waals surface area (Å²) in [5, 5.41) is 11.6. The summed E-state index contributed by atoms with van der Waals surface area (Å²) < 4.78 is 0. The number of amides is 2. The first-order chi connectivity index (χ1) is 9.72. The molecule has 0 rings (SSSR count). The second-order valence-electron chi connectivity index (χ2n) is 6.75. The lowest BCUT2D eigenvalue weighted by atomic mass is 10.0. The quantitative estimate of drug-likeness (QED) is 0.651. The van der Waals surface area contributed by atoms with Gasteiger partial charge in [0.25, 0.3) is 0 Å². The van der Waals surface area contributed by atoms with Gasteiger partial charge in [-0.3, -0.25) is 4.79 Å². The van der Waals surface area contributed by atoms with Crippen LogP contribution in [0.2, 0.25) is 0 Å². The minimum atomic E-state index is -0.758. The maximum Gasteiger partial charge on any atom is 0.317 e. The number of carbonyl (C=O) groups is 2. The Labute approximate surface area is 129 Å². The highest BCUT2D eigenvalue weighted by molar-refractivity contribution is 5.74. The Morgan fingerprint density at radius 2 is 1.52 bits per heavy atom. The number of nitrogens with zero attached hydrogens (tertiary/aromatic N) is 1. The maximum atomic E-state index is 12.2. The molecule has 21 heavy (non-hydrogen) atoms. The predicted octanol–water partition coefficient (Wildman–Crippen LogP) is 3.20. The lowest BCUT2D eigenvalue weighted by Crippen LogP contribution is -2.44. The molecule has 0 aromatic carbocycles. The van der Waals surface area contributed by atoms with E-state index < -0.39 is 5.97 Å². The summed E-state index contributed by atoms with van der Waals surface area (Å²) in [5.41, 5.74) is 0. The fourth-order valence-electron chi connectivity index (χ4n) is 2.17. The Morgan fingerprint density at radius 1 is 1.00 bits per heavy atom. The molecule has 0 aliphatic rings. The first kappa shape index (κ1) is 19.7. The fourth-order valence-corrected chi connectivity index (χ4v) is 2.17. The molecule has 0 aliphatic carbocycles. The highest BCUT2D eigenvalue weighted by atomic mass is 16.4. The second kappa shape index (κ2) is 10.5. The topological polar surface area (TPSA) is 69.6 Å². The van der Waals surface area contributed by atoms with Gasteiger partial charge in [-0.2, -0.15) is 0 Å². The van der Waals surface area contributed by atoms with E-state index in [0.717, 1.165) is 19.5 Å². The van der Waals surface area contributed by atoms with Crippen LogP contribution in [0.25, 0.3) is 0 Å². The second-order valence-corrected chi connectivity index (χ2v) is 6.75. The summed E-state index contributed by atoms with van der Waals surface area (Å²) in [7, 11) is 0. The van der Waals surface area contributed by atoms with Gasteiger partial charge in [0.2, 0.25) is 0 Å². The summed E-state index contributed by atoms with van der Waals surface area (Å²) >= 11 is 0. The minimum Gasteiger partial charge on any atom is -0.481 e. The number of hydrogen-bond acceptors (Lipinski definition) is 2. The number of carboxylic acids is 1. The Hall–Kier alpha value is -1.26. The SMILES string of the molecule is CC(C)CN(CC(C)C)C(=O)NCCC(C)CCC(=O)O. The zero-order valence-electron chi connectivity index (χ0n) is 14.2. The van der Waals surface area contributed by atoms with Crippen molar-refractivity contribution in [2.45, 2.75) is 53.9 Å². The molecule has 0 bridgehead atoms. The first-order valence-electron chi connectivity index (χ1n) is 7.96. The van der Waals surface area contributed by atoms with Crippen LogP contribution < -0.4 is 5.32 Å². The third kappa shape index (κ3) is 11.1. The number of urea groups is 1. The summed E-state index contributed by atoms with van der Waals surface area (Å²) in [6.07, 6.45) is 1.67.